The first-order chi connectivity index (χ1) is 8.78. The molecule has 1 amide bonds. The van der Waals surface area contributed by atoms with E-state index in [1.165, 1.54) is 0 Å². The summed E-state index contributed by atoms with van der Waals surface area (Å²) in [6.07, 6.45) is 1.25. The van der Waals surface area contributed by atoms with Crippen LogP contribution in [0.15, 0.2) is 35.3 Å². The number of benzene rings is 1. The number of nitrogens with two attached hydrogens (primary N) is 1. The Morgan fingerprint density at radius 1 is 1.39 bits per heavy atom. The number of carbonyl (C=O) groups excluding carboxylic acids is 1. The topological polar surface area (TPSA) is 91.5 Å². The fourth-order valence-electron chi connectivity index (χ4n) is 1.78. The Balaban J connectivity index is 1.97. The van der Waals surface area contributed by atoms with E-state index in [4.69, 9.17) is 5.84 Å². The minimum atomic E-state index is 0.0602. The molecular formula is C12H17N5O. The van der Waals surface area contributed by atoms with Gasteiger partial charge >= 0.3 is 0 Å². The van der Waals surface area contributed by atoms with Gasteiger partial charge in [0.25, 0.3) is 0 Å². The number of amides is 1. The van der Waals surface area contributed by atoms with Crippen LogP contribution in [0.2, 0.25) is 0 Å². The molecule has 1 saturated heterocycles. The van der Waals surface area contributed by atoms with Crippen LogP contribution in [-0.4, -0.2) is 24.5 Å². The Labute approximate surface area is 106 Å². The van der Waals surface area contributed by atoms with E-state index < -0.39 is 0 Å². The number of nitrogens with zero attached hydrogens (tertiary/aromatic N) is 1. The average Bonchev–Trinajstić information content (AvgIpc) is 2.41. The molecule has 0 spiro atoms. The second kappa shape index (κ2) is 6.02. The van der Waals surface area contributed by atoms with Crippen molar-refractivity contribution in [3.05, 3.63) is 30.3 Å². The molecule has 18 heavy (non-hydrogen) atoms. The van der Waals surface area contributed by atoms with E-state index in [-0.39, 0.29) is 11.9 Å². The largest absolute Gasteiger partial charge is 0.354 e. The lowest BCUT2D eigenvalue weighted by atomic mass is 10.1. The summed E-state index contributed by atoms with van der Waals surface area (Å²) in [5, 5.41) is 5.87. The van der Waals surface area contributed by atoms with E-state index in [2.05, 4.69) is 21.1 Å². The number of para-hydroxylation sites is 1. The van der Waals surface area contributed by atoms with E-state index >= 15 is 0 Å². The predicted molar refractivity (Wildman–Crippen MR) is 70.9 cm³/mol. The number of anilines is 1. The molecule has 0 radical (unpaired) electrons. The summed E-state index contributed by atoms with van der Waals surface area (Å²) in [4.78, 5) is 15.5. The van der Waals surface area contributed by atoms with Crippen molar-refractivity contribution in [3.8, 4) is 0 Å². The molecule has 1 heterocycles. The number of rotatable bonds is 2. The number of aliphatic imine (C=N–C) groups is 1. The normalized spacial score (nSPS) is 20.2. The summed E-state index contributed by atoms with van der Waals surface area (Å²) in [6.45, 7) is 0.556. The number of nitrogens with one attached hydrogen (secondary N) is 3. The molecule has 1 fully saturated rings. The summed E-state index contributed by atoms with van der Waals surface area (Å²) in [6, 6.07) is 9.71. The van der Waals surface area contributed by atoms with Gasteiger partial charge in [-0.25, -0.2) is 10.8 Å². The molecular weight excluding hydrogens is 230 g/mol. The Morgan fingerprint density at radius 3 is 2.78 bits per heavy atom. The van der Waals surface area contributed by atoms with Gasteiger partial charge in [-0.3, -0.25) is 10.2 Å². The van der Waals surface area contributed by atoms with Gasteiger partial charge < -0.3 is 10.6 Å². The number of hydrazine groups is 1. The molecule has 0 aliphatic carbocycles. The van der Waals surface area contributed by atoms with Crippen LogP contribution >= 0.6 is 0 Å². The fraction of sp³-hybridized carbons (Fsp3) is 0.333. The standard InChI is InChI=1S/C12H17N5O/c13-17-12(15-9-4-2-1-3-5-9)16-10-6-7-11(18)14-8-10/h1-5,10H,6-8,13H2,(H,14,18)(H2,15,16,17). The van der Waals surface area contributed by atoms with Gasteiger partial charge in [-0.1, -0.05) is 18.2 Å². The van der Waals surface area contributed by atoms with Crippen molar-refractivity contribution in [2.24, 2.45) is 10.8 Å². The van der Waals surface area contributed by atoms with E-state index in [0.29, 0.717) is 18.9 Å². The summed E-state index contributed by atoms with van der Waals surface area (Å²) in [7, 11) is 0. The third kappa shape index (κ3) is 3.46. The highest BCUT2D eigenvalue weighted by molar-refractivity contribution is 5.93. The minimum Gasteiger partial charge on any atom is -0.354 e. The molecule has 1 atom stereocenters. The third-order valence-corrected chi connectivity index (χ3v) is 2.72. The lowest BCUT2D eigenvalue weighted by Crippen LogP contribution is -2.41. The highest BCUT2D eigenvalue weighted by Gasteiger charge is 2.17. The molecule has 96 valence electrons. The molecule has 1 aliphatic rings. The van der Waals surface area contributed by atoms with Gasteiger partial charge in [-0.2, -0.15) is 0 Å². The van der Waals surface area contributed by atoms with Gasteiger partial charge in [0.1, 0.15) is 0 Å². The van der Waals surface area contributed by atoms with E-state index in [1.54, 1.807) is 0 Å². The molecule has 2 rings (SSSR count). The molecule has 0 saturated carbocycles. The van der Waals surface area contributed by atoms with E-state index in [9.17, 15) is 4.79 Å². The maximum Gasteiger partial charge on any atom is 0.220 e. The van der Waals surface area contributed by atoms with Crippen molar-refractivity contribution in [2.45, 2.75) is 18.9 Å². The zero-order valence-electron chi connectivity index (χ0n) is 10.0. The quantitative estimate of drug-likeness (QED) is 0.260. The van der Waals surface area contributed by atoms with Crippen LogP contribution in [-0.2, 0) is 4.79 Å². The Hall–Kier alpha value is -2.08. The highest BCUT2D eigenvalue weighted by atomic mass is 16.1. The van der Waals surface area contributed by atoms with Crippen LogP contribution in [0.25, 0.3) is 0 Å². The van der Waals surface area contributed by atoms with Gasteiger partial charge in [0, 0.05) is 18.7 Å². The smallest absolute Gasteiger partial charge is 0.220 e. The Bertz CT molecular complexity index is 421. The highest BCUT2D eigenvalue weighted by Crippen LogP contribution is 2.08. The van der Waals surface area contributed by atoms with Gasteiger partial charge in [0.15, 0.2) is 0 Å². The van der Waals surface area contributed by atoms with Gasteiger partial charge in [0.05, 0.1) is 6.04 Å². The van der Waals surface area contributed by atoms with Crippen molar-refractivity contribution >= 4 is 17.6 Å². The summed E-state index contributed by atoms with van der Waals surface area (Å²) < 4.78 is 0. The first-order valence-electron chi connectivity index (χ1n) is 5.91. The predicted octanol–water partition coefficient (Wildman–Crippen LogP) is 0.196. The molecule has 1 aromatic carbocycles. The van der Waals surface area contributed by atoms with E-state index in [1.807, 2.05) is 30.3 Å². The van der Waals surface area contributed by atoms with E-state index in [0.717, 1.165) is 12.1 Å². The van der Waals surface area contributed by atoms with Crippen molar-refractivity contribution < 1.29 is 4.79 Å². The Kier molecular flexibility index (Phi) is 4.14. The molecule has 5 N–H and O–H groups in total. The van der Waals surface area contributed by atoms with Crippen molar-refractivity contribution in [3.63, 3.8) is 0 Å². The Morgan fingerprint density at radius 2 is 2.17 bits per heavy atom. The van der Waals surface area contributed by atoms with Crippen LogP contribution in [0, 0.1) is 0 Å². The zero-order chi connectivity index (χ0) is 12.8. The monoisotopic (exact) mass is 247 g/mol. The number of hydrogen-bond donors (Lipinski definition) is 4. The van der Waals surface area contributed by atoms with Crippen LogP contribution in [0.5, 0.6) is 0 Å². The lowest BCUT2D eigenvalue weighted by molar-refractivity contribution is -0.122. The van der Waals surface area contributed by atoms with Gasteiger partial charge in [0.2, 0.25) is 11.9 Å². The second-order valence-electron chi connectivity index (χ2n) is 4.11. The van der Waals surface area contributed by atoms with Crippen molar-refractivity contribution in [1.82, 2.24) is 10.7 Å². The maximum absolute atomic E-state index is 11.0. The SMILES string of the molecule is NNC(=NC1CCC(=O)NC1)Nc1ccccc1. The van der Waals surface area contributed by atoms with Gasteiger partial charge in [-0.05, 0) is 18.6 Å². The van der Waals surface area contributed by atoms with Crippen LogP contribution in [0.1, 0.15) is 12.8 Å². The number of piperidine rings is 1. The second-order valence-corrected chi connectivity index (χ2v) is 4.11. The minimum absolute atomic E-state index is 0.0602. The molecule has 1 aromatic rings. The van der Waals surface area contributed by atoms with Crippen LogP contribution < -0.4 is 21.9 Å². The zero-order valence-corrected chi connectivity index (χ0v) is 10.0. The molecule has 0 bridgehead atoms. The molecule has 6 nitrogen and oxygen atoms in total. The summed E-state index contributed by atoms with van der Waals surface area (Å²) >= 11 is 0. The number of guanidine groups is 1. The molecule has 1 aliphatic heterocycles. The fourth-order valence-corrected chi connectivity index (χ4v) is 1.78. The lowest BCUT2D eigenvalue weighted by Gasteiger charge is -2.20. The third-order valence-electron chi connectivity index (χ3n) is 2.72. The summed E-state index contributed by atoms with van der Waals surface area (Å²) in [5.41, 5.74) is 3.45. The molecule has 1 unspecified atom stereocenters. The number of carbonyl (C=O) groups is 1. The molecule has 6 heteroatoms. The molecule has 0 aromatic heterocycles. The van der Waals surface area contributed by atoms with Crippen molar-refractivity contribution in [2.75, 3.05) is 11.9 Å². The van der Waals surface area contributed by atoms with Crippen LogP contribution in [0.3, 0.4) is 0 Å². The first-order valence-corrected chi connectivity index (χ1v) is 5.91. The summed E-state index contributed by atoms with van der Waals surface area (Å²) in [5.74, 6) is 6.02. The average molecular weight is 247 g/mol. The number of hydrogen-bond acceptors (Lipinski definition) is 3. The first kappa shape index (κ1) is 12.4. The van der Waals surface area contributed by atoms with Crippen LogP contribution in [0.4, 0.5) is 5.69 Å². The van der Waals surface area contributed by atoms with Crippen molar-refractivity contribution in [1.29, 1.82) is 0 Å². The maximum atomic E-state index is 11.0. The van der Waals surface area contributed by atoms with Gasteiger partial charge in [-0.15, -0.1) is 0 Å².